The van der Waals surface area contributed by atoms with Gasteiger partial charge in [0.1, 0.15) is 6.04 Å². The zero-order valence-corrected chi connectivity index (χ0v) is 10.2. The molecule has 0 saturated carbocycles. The summed E-state index contributed by atoms with van der Waals surface area (Å²) in [5, 5.41) is 20.0. The van der Waals surface area contributed by atoms with Crippen LogP contribution in [0.1, 0.15) is 29.3 Å². The quantitative estimate of drug-likeness (QED) is 0.698. The average Bonchev–Trinajstić information content (AvgIpc) is 2.38. The van der Waals surface area contributed by atoms with Crippen molar-refractivity contribution in [2.24, 2.45) is 0 Å². The van der Waals surface area contributed by atoms with Crippen LogP contribution in [0.5, 0.6) is 0 Å². The number of carboxylic acid groups (broad SMARTS) is 1. The Bertz CT molecular complexity index is 414. The van der Waals surface area contributed by atoms with Crippen LogP contribution in [0.25, 0.3) is 0 Å². The standard InChI is InChI=1S/C13H17NO4/c1-2-9-3-5-10(6-4-9)12(16)14-11(7-8-15)13(17)18/h3-6,11,15H,2,7-8H2,1H3,(H,14,16)(H,17,18)/t11-/m1/s1. The summed E-state index contributed by atoms with van der Waals surface area (Å²) in [7, 11) is 0. The summed E-state index contributed by atoms with van der Waals surface area (Å²) in [4.78, 5) is 22.6. The second-order valence-corrected chi connectivity index (χ2v) is 3.93. The van der Waals surface area contributed by atoms with Gasteiger partial charge in [-0.1, -0.05) is 19.1 Å². The number of aliphatic carboxylic acids is 1. The van der Waals surface area contributed by atoms with E-state index in [-0.39, 0.29) is 13.0 Å². The van der Waals surface area contributed by atoms with Gasteiger partial charge in [0, 0.05) is 18.6 Å². The molecule has 0 aromatic heterocycles. The lowest BCUT2D eigenvalue weighted by molar-refractivity contribution is -0.139. The Labute approximate surface area is 105 Å². The van der Waals surface area contributed by atoms with Crippen molar-refractivity contribution >= 4 is 11.9 Å². The first kappa shape index (κ1) is 14.2. The number of aryl methyl sites for hydroxylation is 1. The number of hydrogen-bond acceptors (Lipinski definition) is 3. The Hall–Kier alpha value is -1.88. The second kappa shape index (κ2) is 6.76. The fraction of sp³-hybridized carbons (Fsp3) is 0.385. The molecule has 1 amide bonds. The molecule has 1 atom stereocenters. The summed E-state index contributed by atoms with van der Waals surface area (Å²) >= 11 is 0. The van der Waals surface area contributed by atoms with E-state index < -0.39 is 17.9 Å². The highest BCUT2D eigenvalue weighted by Crippen LogP contribution is 2.05. The number of carboxylic acids is 1. The molecule has 0 fully saturated rings. The summed E-state index contributed by atoms with van der Waals surface area (Å²) in [6.07, 6.45) is 0.873. The molecule has 0 aliphatic rings. The van der Waals surface area contributed by atoms with Gasteiger partial charge in [0.2, 0.25) is 0 Å². The van der Waals surface area contributed by atoms with Gasteiger partial charge in [0.25, 0.3) is 5.91 Å². The first-order valence-corrected chi connectivity index (χ1v) is 5.82. The third-order valence-electron chi connectivity index (χ3n) is 2.65. The Morgan fingerprint density at radius 2 is 1.89 bits per heavy atom. The SMILES string of the molecule is CCc1ccc(C(=O)N[C@H](CCO)C(=O)O)cc1. The van der Waals surface area contributed by atoms with E-state index in [1.807, 2.05) is 19.1 Å². The maximum atomic E-state index is 11.8. The molecule has 0 aliphatic heterocycles. The third kappa shape index (κ3) is 3.85. The van der Waals surface area contributed by atoms with Gasteiger partial charge in [-0.25, -0.2) is 4.79 Å². The summed E-state index contributed by atoms with van der Waals surface area (Å²) in [6.45, 7) is 1.73. The van der Waals surface area contributed by atoms with E-state index in [1.54, 1.807) is 12.1 Å². The van der Waals surface area contributed by atoms with Crippen molar-refractivity contribution < 1.29 is 19.8 Å². The van der Waals surface area contributed by atoms with E-state index in [0.29, 0.717) is 5.56 Å². The number of rotatable bonds is 6. The molecule has 5 nitrogen and oxygen atoms in total. The van der Waals surface area contributed by atoms with Crippen LogP contribution in [0.2, 0.25) is 0 Å². The van der Waals surface area contributed by atoms with Gasteiger partial charge < -0.3 is 15.5 Å². The van der Waals surface area contributed by atoms with E-state index >= 15 is 0 Å². The molecule has 1 rings (SSSR count). The number of aliphatic hydroxyl groups excluding tert-OH is 1. The van der Waals surface area contributed by atoms with Crippen LogP contribution in [0.3, 0.4) is 0 Å². The molecule has 98 valence electrons. The highest BCUT2D eigenvalue weighted by molar-refractivity contribution is 5.96. The minimum Gasteiger partial charge on any atom is -0.480 e. The van der Waals surface area contributed by atoms with Gasteiger partial charge >= 0.3 is 5.97 Å². The van der Waals surface area contributed by atoms with Gasteiger partial charge in [0.05, 0.1) is 0 Å². The smallest absolute Gasteiger partial charge is 0.326 e. The maximum Gasteiger partial charge on any atom is 0.326 e. The lowest BCUT2D eigenvalue weighted by atomic mass is 10.1. The zero-order valence-electron chi connectivity index (χ0n) is 10.2. The number of aliphatic hydroxyl groups is 1. The zero-order chi connectivity index (χ0) is 13.5. The van der Waals surface area contributed by atoms with Crippen molar-refractivity contribution in [1.82, 2.24) is 5.32 Å². The summed E-state index contributed by atoms with van der Waals surface area (Å²) in [5.74, 6) is -1.60. The van der Waals surface area contributed by atoms with E-state index in [1.165, 1.54) is 0 Å². The summed E-state index contributed by atoms with van der Waals surface area (Å²) < 4.78 is 0. The lowest BCUT2D eigenvalue weighted by Crippen LogP contribution is -2.41. The Balaban J connectivity index is 2.70. The van der Waals surface area contributed by atoms with Gasteiger partial charge in [-0.15, -0.1) is 0 Å². The number of carbonyl (C=O) groups excluding carboxylic acids is 1. The Kier molecular flexibility index (Phi) is 5.32. The van der Waals surface area contributed by atoms with Crippen LogP contribution in [0.4, 0.5) is 0 Å². The Morgan fingerprint density at radius 3 is 2.33 bits per heavy atom. The van der Waals surface area contributed by atoms with Gasteiger partial charge in [-0.3, -0.25) is 4.79 Å². The second-order valence-electron chi connectivity index (χ2n) is 3.93. The molecule has 0 radical (unpaired) electrons. The van der Waals surface area contributed by atoms with Crippen LogP contribution in [0.15, 0.2) is 24.3 Å². The first-order chi connectivity index (χ1) is 8.58. The predicted molar refractivity (Wildman–Crippen MR) is 66.4 cm³/mol. The van der Waals surface area contributed by atoms with Crippen molar-refractivity contribution in [2.75, 3.05) is 6.61 Å². The minimum atomic E-state index is -1.15. The normalized spacial score (nSPS) is 11.9. The molecule has 0 heterocycles. The molecule has 0 aliphatic carbocycles. The molecular weight excluding hydrogens is 234 g/mol. The number of carbonyl (C=O) groups is 2. The van der Waals surface area contributed by atoms with Crippen molar-refractivity contribution in [3.05, 3.63) is 35.4 Å². The summed E-state index contributed by atoms with van der Waals surface area (Å²) in [5.41, 5.74) is 1.52. The molecule has 3 N–H and O–H groups in total. The fourth-order valence-electron chi connectivity index (χ4n) is 1.52. The molecule has 5 heteroatoms. The van der Waals surface area contributed by atoms with Crippen LogP contribution < -0.4 is 5.32 Å². The molecule has 0 bridgehead atoms. The highest BCUT2D eigenvalue weighted by Gasteiger charge is 2.19. The monoisotopic (exact) mass is 251 g/mol. The van der Waals surface area contributed by atoms with Crippen LogP contribution in [-0.2, 0) is 11.2 Å². The molecule has 0 unspecified atom stereocenters. The molecule has 18 heavy (non-hydrogen) atoms. The minimum absolute atomic E-state index is 0.00584. The van der Waals surface area contributed by atoms with Crippen molar-refractivity contribution in [1.29, 1.82) is 0 Å². The topological polar surface area (TPSA) is 86.6 Å². The van der Waals surface area contributed by atoms with Gasteiger partial charge in [-0.05, 0) is 24.1 Å². The number of amides is 1. The van der Waals surface area contributed by atoms with E-state index in [0.717, 1.165) is 12.0 Å². The van der Waals surface area contributed by atoms with Crippen molar-refractivity contribution in [2.45, 2.75) is 25.8 Å². The van der Waals surface area contributed by atoms with Crippen LogP contribution >= 0.6 is 0 Å². The molecule has 0 saturated heterocycles. The number of benzene rings is 1. The highest BCUT2D eigenvalue weighted by atomic mass is 16.4. The van der Waals surface area contributed by atoms with Crippen LogP contribution in [-0.4, -0.2) is 34.7 Å². The fourth-order valence-corrected chi connectivity index (χ4v) is 1.52. The molecular formula is C13H17NO4. The first-order valence-electron chi connectivity index (χ1n) is 5.82. The van der Waals surface area contributed by atoms with Crippen LogP contribution in [0, 0.1) is 0 Å². The maximum absolute atomic E-state index is 11.8. The molecule has 0 spiro atoms. The summed E-state index contributed by atoms with van der Waals surface area (Å²) in [6, 6.07) is 5.92. The predicted octanol–water partition coefficient (Wildman–Crippen LogP) is 0.814. The van der Waals surface area contributed by atoms with E-state index in [9.17, 15) is 9.59 Å². The number of nitrogens with one attached hydrogen (secondary N) is 1. The molecule has 1 aromatic carbocycles. The van der Waals surface area contributed by atoms with Crippen molar-refractivity contribution in [3.63, 3.8) is 0 Å². The lowest BCUT2D eigenvalue weighted by Gasteiger charge is -2.13. The average molecular weight is 251 g/mol. The van der Waals surface area contributed by atoms with E-state index in [2.05, 4.69) is 5.32 Å². The number of hydrogen-bond donors (Lipinski definition) is 3. The van der Waals surface area contributed by atoms with Gasteiger partial charge in [-0.2, -0.15) is 0 Å². The van der Waals surface area contributed by atoms with E-state index in [4.69, 9.17) is 10.2 Å². The Morgan fingerprint density at radius 1 is 1.28 bits per heavy atom. The third-order valence-corrected chi connectivity index (χ3v) is 2.65. The molecule has 1 aromatic rings. The van der Waals surface area contributed by atoms with Gasteiger partial charge in [0.15, 0.2) is 0 Å². The largest absolute Gasteiger partial charge is 0.480 e. The van der Waals surface area contributed by atoms with Crippen molar-refractivity contribution in [3.8, 4) is 0 Å².